The molecule has 0 unspecified atom stereocenters. The lowest BCUT2D eigenvalue weighted by Gasteiger charge is -2.34. The Morgan fingerprint density at radius 2 is 1.64 bits per heavy atom. The van der Waals surface area contributed by atoms with Crippen molar-refractivity contribution < 1.29 is 0 Å². The van der Waals surface area contributed by atoms with Crippen LogP contribution in [0.5, 0.6) is 0 Å². The Morgan fingerprint density at radius 1 is 1.18 bits per heavy atom. The van der Waals surface area contributed by atoms with Crippen molar-refractivity contribution in [2.45, 2.75) is 23.8 Å². The van der Waals surface area contributed by atoms with Crippen LogP contribution in [-0.4, -0.2) is 36.0 Å². The molecule has 0 aromatic carbocycles. The maximum atomic E-state index is 2.46. The summed E-state index contributed by atoms with van der Waals surface area (Å²) in [7, 11) is 1.31. The molecule has 1 nitrogen and oxygen atoms in total. The molecule has 66 valence electrons. The number of hydrogen-bond donors (Lipinski definition) is 0. The van der Waals surface area contributed by atoms with Crippen LogP contribution >= 0.6 is 23.5 Å². The third-order valence-corrected chi connectivity index (χ3v) is 10.9. The Hall–Kier alpha value is 0.877. The van der Waals surface area contributed by atoms with Gasteiger partial charge in [0.25, 0.3) is 0 Å². The minimum absolute atomic E-state index is 0.887. The fraction of sp³-hybridized carbons (Fsp3) is 1.00. The summed E-state index contributed by atoms with van der Waals surface area (Å²) in [5.41, 5.74) is 0. The normalized spacial score (nSPS) is 24.0. The van der Waals surface area contributed by atoms with Crippen LogP contribution in [0.3, 0.4) is 0 Å². The predicted octanol–water partition coefficient (Wildman–Crippen LogP) is 2.52. The maximum absolute atomic E-state index is 2.46. The Labute approximate surface area is 79.3 Å². The largest absolute Gasteiger partial charge is 0.288 e. The van der Waals surface area contributed by atoms with Crippen molar-refractivity contribution in [2.24, 2.45) is 0 Å². The summed E-state index contributed by atoms with van der Waals surface area (Å²) < 4.78 is 0.915. The molecule has 0 radical (unpaired) electrons. The van der Waals surface area contributed by atoms with Crippen molar-refractivity contribution in [1.82, 2.24) is 4.90 Å². The van der Waals surface area contributed by atoms with E-state index in [4.69, 9.17) is 0 Å². The van der Waals surface area contributed by atoms with Gasteiger partial charge in [-0.05, 0) is 7.05 Å². The lowest BCUT2D eigenvalue weighted by atomic mass is 11.0. The molecule has 1 rings (SSSR count). The Bertz CT molecular complexity index is 127. The monoisotopic (exact) mass is 207 g/mol. The van der Waals surface area contributed by atoms with Gasteiger partial charge in [0.05, 0.1) is 8.07 Å². The van der Waals surface area contributed by atoms with E-state index in [1.54, 1.807) is 0 Å². The second-order valence-electron chi connectivity index (χ2n) is 4.15. The summed E-state index contributed by atoms with van der Waals surface area (Å²) in [5, 5.41) is 0. The quantitative estimate of drug-likeness (QED) is 0.608. The molecule has 11 heavy (non-hydrogen) atoms. The molecule has 0 atom stereocenters. The average molecular weight is 207 g/mol. The first-order valence-electron chi connectivity index (χ1n) is 3.92. The van der Waals surface area contributed by atoms with Crippen LogP contribution in [0.2, 0.25) is 19.6 Å². The molecule has 0 bridgehead atoms. The van der Waals surface area contributed by atoms with E-state index in [0.29, 0.717) is 0 Å². The SMILES string of the molecule is CN1CSC([Si](C)(C)C)SC1. The van der Waals surface area contributed by atoms with Gasteiger partial charge in [0.15, 0.2) is 0 Å². The minimum Gasteiger partial charge on any atom is -0.288 e. The van der Waals surface area contributed by atoms with Gasteiger partial charge in [-0.3, -0.25) is 4.90 Å². The first-order valence-corrected chi connectivity index (χ1v) is 9.59. The van der Waals surface area contributed by atoms with Gasteiger partial charge in [0.1, 0.15) is 0 Å². The maximum Gasteiger partial charge on any atom is 0.0714 e. The van der Waals surface area contributed by atoms with Crippen LogP contribution in [-0.2, 0) is 0 Å². The third-order valence-electron chi connectivity index (χ3n) is 1.60. The van der Waals surface area contributed by atoms with E-state index in [9.17, 15) is 0 Å². The van der Waals surface area contributed by atoms with Crippen LogP contribution in [0, 0.1) is 0 Å². The molecular formula is C7H17NS2Si. The molecule has 0 saturated carbocycles. The number of nitrogens with zero attached hydrogens (tertiary/aromatic N) is 1. The van der Waals surface area contributed by atoms with Gasteiger partial charge in [-0.1, -0.05) is 19.6 Å². The number of thioether (sulfide) groups is 2. The molecule has 0 N–H and O–H groups in total. The van der Waals surface area contributed by atoms with Crippen molar-refractivity contribution in [3.05, 3.63) is 0 Å². The predicted molar refractivity (Wildman–Crippen MR) is 59.8 cm³/mol. The van der Waals surface area contributed by atoms with E-state index in [1.807, 2.05) is 0 Å². The second kappa shape index (κ2) is 3.73. The molecule has 0 amide bonds. The number of rotatable bonds is 1. The summed E-state index contributed by atoms with van der Waals surface area (Å²) in [6.45, 7) is 7.38. The van der Waals surface area contributed by atoms with E-state index in [2.05, 4.69) is 55.1 Å². The first kappa shape index (κ1) is 9.96. The zero-order valence-electron chi connectivity index (χ0n) is 7.76. The molecule has 4 heteroatoms. The van der Waals surface area contributed by atoms with Crippen LogP contribution in [0.15, 0.2) is 0 Å². The van der Waals surface area contributed by atoms with Gasteiger partial charge >= 0.3 is 0 Å². The highest BCUT2D eigenvalue weighted by atomic mass is 32.2. The smallest absolute Gasteiger partial charge is 0.0714 e. The standard InChI is InChI=1S/C7H17NS2Si/c1-8-5-9-7(10-6-8)11(2,3)4/h7H,5-6H2,1-4H3. The molecule has 0 aromatic rings. The Morgan fingerprint density at radius 3 is 2.00 bits per heavy atom. The van der Waals surface area contributed by atoms with E-state index in [-0.39, 0.29) is 0 Å². The van der Waals surface area contributed by atoms with Crippen LogP contribution in [0.25, 0.3) is 0 Å². The van der Waals surface area contributed by atoms with E-state index in [0.717, 1.165) is 4.21 Å². The van der Waals surface area contributed by atoms with Gasteiger partial charge < -0.3 is 0 Å². The van der Waals surface area contributed by atoms with E-state index >= 15 is 0 Å². The molecule has 0 spiro atoms. The highest BCUT2D eigenvalue weighted by molar-refractivity contribution is 8.19. The van der Waals surface area contributed by atoms with Crippen molar-refractivity contribution in [1.29, 1.82) is 0 Å². The lowest BCUT2D eigenvalue weighted by molar-refractivity contribution is 0.463. The summed E-state index contributed by atoms with van der Waals surface area (Å²) >= 11 is 4.26. The number of hydrogen-bond acceptors (Lipinski definition) is 3. The molecule has 1 aliphatic rings. The van der Waals surface area contributed by atoms with E-state index in [1.165, 1.54) is 11.8 Å². The zero-order valence-corrected chi connectivity index (χ0v) is 10.4. The second-order valence-corrected chi connectivity index (χ2v) is 12.7. The molecule has 1 heterocycles. The summed E-state index contributed by atoms with van der Waals surface area (Å²) in [6, 6.07) is 0. The first-order chi connectivity index (χ1) is 5.00. The highest BCUT2D eigenvalue weighted by Gasteiger charge is 2.30. The van der Waals surface area contributed by atoms with Gasteiger partial charge in [0.2, 0.25) is 0 Å². The van der Waals surface area contributed by atoms with Crippen molar-refractivity contribution in [3.8, 4) is 0 Å². The third kappa shape index (κ3) is 3.01. The van der Waals surface area contributed by atoms with Crippen LogP contribution in [0.4, 0.5) is 0 Å². The van der Waals surface area contributed by atoms with Gasteiger partial charge in [-0.25, -0.2) is 0 Å². The lowest BCUT2D eigenvalue weighted by Crippen LogP contribution is -2.39. The topological polar surface area (TPSA) is 3.24 Å². The highest BCUT2D eigenvalue weighted by Crippen LogP contribution is 2.36. The molecule has 1 fully saturated rings. The summed E-state index contributed by atoms with van der Waals surface area (Å²) in [4.78, 5) is 2.38. The molecule has 0 aromatic heterocycles. The fourth-order valence-electron chi connectivity index (χ4n) is 0.975. The Balaban J connectivity index is 2.39. The van der Waals surface area contributed by atoms with Gasteiger partial charge in [-0.2, -0.15) is 0 Å². The zero-order chi connectivity index (χ0) is 8.48. The fourth-order valence-corrected chi connectivity index (χ4v) is 7.25. The van der Waals surface area contributed by atoms with Crippen molar-refractivity contribution >= 4 is 31.6 Å². The van der Waals surface area contributed by atoms with Crippen molar-refractivity contribution in [3.63, 3.8) is 0 Å². The molecule has 1 aliphatic heterocycles. The van der Waals surface area contributed by atoms with Gasteiger partial charge in [0, 0.05) is 16.0 Å². The van der Waals surface area contributed by atoms with Crippen LogP contribution in [0.1, 0.15) is 0 Å². The van der Waals surface area contributed by atoms with Gasteiger partial charge in [-0.15, -0.1) is 23.5 Å². The summed E-state index contributed by atoms with van der Waals surface area (Å²) in [5.74, 6) is 2.45. The minimum atomic E-state index is -0.887. The van der Waals surface area contributed by atoms with Crippen LogP contribution < -0.4 is 0 Å². The average Bonchev–Trinajstić information content (AvgIpc) is 1.86. The molecule has 0 aliphatic carbocycles. The Kier molecular flexibility index (Phi) is 3.37. The molecule has 1 saturated heterocycles. The molecular weight excluding hydrogens is 190 g/mol. The van der Waals surface area contributed by atoms with E-state index < -0.39 is 8.07 Å². The van der Waals surface area contributed by atoms with Crippen molar-refractivity contribution in [2.75, 3.05) is 18.8 Å². The summed E-state index contributed by atoms with van der Waals surface area (Å²) in [6.07, 6.45) is 0.